The third kappa shape index (κ3) is 3.62. The number of aromatic hydroxyl groups is 1. The van der Waals surface area contributed by atoms with E-state index in [1.54, 1.807) is 26.8 Å². The summed E-state index contributed by atoms with van der Waals surface area (Å²) in [6.45, 7) is 5.11. The first kappa shape index (κ1) is 15.1. The molecule has 0 saturated carbocycles. The number of phenolic OH excluding ortho intramolecular Hbond substituents is 1. The molecule has 0 radical (unpaired) electrons. The standard InChI is InChI=1S/C16H18O5/c1-16(2,3)14(18)9-21-15(19)6-10-8-20-13-7-11(17)4-5-12(10)13/h4-5,7-8,17H,6,9H2,1-3H3. The highest BCUT2D eigenvalue weighted by Gasteiger charge is 2.22. The van der Waals surface area contributed by atoms with Gasteiger partial charge >= 0.3 is 5.97 Å². The molecule has 1 heterocycles. The summed E-state index contributed by atoms with van der Waals surface area (Å²) >= 11 is 0. The van der Waals surface area contributed by atoms with Gasteiger partial charge in [-0.25, -0.2) is 0 Å². The van der Waals surface area contributed by atoms with Crippen LogP contribution >= 0.6 is 0 Å². The number of rotatable bonds is 4. The zero-order valence-corrected chi connectivity index (χ0v) is 12.3. The summed E-state index contributed by atoms with van der Waals surface area (Å²) in [4.78, 5) is 23.5. The topological polar surface area (TPSA) is 76.7 Å². The van der Waals surface area contributed by atoms with Crippen molar-refractivity contribution in [2.45, 2.75) is 27.2 Å². The van der Waals surface area contributed by atoms with E-state index in [4.69, 9.17) is 9.15 Å². The van der Waals surface area contributed by atoms with Gasteiger partial charge in [0.15, 0.2) is 12.4 Å². The number of ether oxygens (including phenoxy) is 1. The quantitative estimate of drug-likeness (QED) is 0.876. The van der Waals surface area contributed by atoms with E-state index in [-0.39, 0.29) is 24.6 Å². The Morgan fingerprint density at radius 1 is 1.29 bits per heavy atom. The van der Waals surface area contributed by atoms with E-state index in [1.807, 2.05) is 0 Å². The molecule has 5 heteroatoms. The van der Waals surface area contributed by atoms with Crippen molar-refractivity contribution < 1.29 is 23.8 Å². The van der Waals surface area contributed by atoms with Gasteiger partial charge in [-0.2, -0.15) is 0 Å². The lowest BCUT2D eigenvalue weighted by Gasteiger charge is -2.16. The average molecular weight is 290 g/mol. The fourth-order valence-electron chi connectivity index (χ4n) is 1.78. The summed E-state index contributed by atoms with van der Waals surface area (Å²) in [5.41, 5.74) is 0.641. The molecule has 112 valence electrons. The first-order chi connectivity index (χ1) is 9.77. The molecule has 0 aliphatic carbocycles. The molecule has 5 nitrogen and oxygen atoms in total. The number of carbonyl (C=O) groups is 2. The smallest absolute Gasteiger partial charge is 0.310 e. The van der Waals surface area contributed by atoms with Crippen LogP contribution in [0.3, 0.4) is 0 Å². The van der Waals surface area contributed by atoms with Crippen molar-refractivity contribution in [3.63, 3.8) is 0 Å². The second kappa shape index (κ2) is 5.60. The summed E-state index contributed by atoms with van der Waals surface area (Å²) in [7, 11) is 0. The van der Waals surface area contributed by atoms with Crippen LogP contribution in [-0.2, 0) is 20.7 Å². The van der Waals surface area contributed by atoms with Crippen molar-refractivity contribution in [1.29, 1.82) is 0 Å². The first-order valence-electron chi connectivity index (χ1n) is 6.65. The van der Waals surface area contributed by atoms with Gasteiger partial charge in [0.1, 0.15) is 11.3 Å². The van der Waals surface area contributed by atoms with Crippen molar-refractivity contribution in [1.82, 2.24) is 0 Å². The number of Topliss-reactive ketones (excluding diaryl/α,β-unsaturated/α-hetero) is 1. The molecular weight excluding hydrogens is 272 g/mol. The highest BCUT2D eigenvalue weighted by Crippen LogP contribution is 2.25. The molecule has 0 amide bonds. The molecule has 2 rings (SSSR count). The molecule has 0 aliphatic rings. The van der Waals surface area contributed by atoms with Crippen LogP contribution in [0.1, 0.15) is 26.3 Å². The van der Waals surface area contributed by atoms with E-state index in [1.165, 1.54) is 18.4 Å². The maximum absolute atomic E-state index is 11.8. The molecule has 21 heavy (non-hydrogen) atoms. The minimum absolute atomic E-state index is 0.0230. The largest absolute Gasteiger partial charge is 0.508 e. The second-order valence-electron chi connectivity index (χ2n) is 5.95. The van der Waals surface area contributed by atoms with Crippen LogP contribution in [-0.4, -0.2) is 23.5 Å². The van der Waals surface area contributed by atoms with Gasteiger partial charge in [-0.1, -0.05) is 20.8 Å². The van der Waals surface area contributed by atoms with Crippen LogP contribution in [0, 0.1) is 5.41 Å². The van der Waals surface area contributed by atoms with Crippen LogP contribution in [0.4, 0.5) is 0 Å². The summed E-state index contributed by atoms with van der Waals surface area (Å²) in [6.07, 6.45) is 1.48. The number of carbonyl (C=O) groups excluding carboxylic acids is 2. The van der Waals surface area contributed by atoms with Crippen molar-refractivity contribution in [2.24, 2.45) is 5.41 Å². The van der Waals surface area contributed by atoms with Crippen molar-refractivity contribution in [3.05, 3.63) is 30.0 Å². The number of esters is 1. The minimum Gasteiger partial charge on any atom is -0.508 e. The number of hydrogen-bond donors (Lipinski definition) is 1. The van der Waals surface area contributed by atoms with Crippen LogP contribution in [0.15, 0.2) is 28.9 Å². The summed E-state index contributed by atoms with van der Waals surface area (Å²) < 4.78 is 10.3. The lowest BCUT2D eigenvalue weighted by molar-refractivity contribution is -0.149. The van der Waals surface area contributed by atoms with Crippen LogP contribution < -0.4 is 0 Å². The van der Waals surface area contributed by atoms with Gasteiger partial charge in [0.25, 0.3) is 0 Å². The normalized spacial score (nSPS) is 11.6. The molecule has 0 saturated heterocycles. The number of furan rings is 1. The molecule has 2 aromatic rings. The van der Waals surface area contributed by atoms with E-state index < -0.39 is 11.4 Å². The number of ketones is 1. The second-order valence-corrected chi connectivity index (χ2v) is 5.95. The van der Waals surface area contributed by atoms with Gasteiger partial charge in [-0.05, 0) is 12.1 Å². The van der Waals surface area contributed by atoms with Crippen LogP contribution in [0.5, 0.6) is 5.75 Å². The van der Waals surface area contributed by atoms with Crippen molar-refractivity contribution >= 4 is 22.7 Å². The van der Waals surface area contributed by atoms with E-state index in [2.05, 4.69) is 0 Å². The molecule has 0 aliphatic heterocycles. The molecule has 1 aromatic heterocycles. The zero-order valence-electron chi connectivity index (χ0n) is 12.3. The Morgan fingerprint density at radius 2 is 2.00 bits per heavy atom. The van der Waals surface area contributed by atoms with Gasteiger partial charge in [0, 0.05) is 22.4 Å². The molecule has 0 bridgehead atoms. The molecular formula is C16H18O5. The van der Waals surface area contributed by atoms with Gasteiger partial charge in [-0.15, -0.1) is 0 Å². The Balaban J connectivity index is 2.00. The number of fused-ring (bicyclic) bond motifs is 1. The Labute approximate surface area is 122 Å². The summed E-state index contributed by atoms with van der Waals surface area (Å²) in [6, 6.07) is 4.68. The highest BCUT2D eigenvalue weighted by molar-refractivity contribution is 5.89. The Bertz CT molecular complexity index is 676. The maximum Gasteiger partial charge on any atom is 0.310 e. The van der Waals surface area contributed by atoms with E-state index in [0.29, 0.717) is 11.1 Å². The molecule has 0 spiro atoms. The van der Waals surface area contributed by atoms with Gasteiger partial charge in [-0.3, -0.25) is 9.59 Å². The first-order valence-corrected chi connectivity index (χ1v) is 6.65. The lowest BCUT2D eigenvalue weighted by atomic mass is 9.91. The molecule has 0 unspecified atom stereocenters. The predicted octanol–water partition coefficient (Wildman–Crippen LogP) is 2.84. The third-order valence-corrected chi connectivity index (χ3v) is 3.17. The molecule has 1 aromatic carbocycles. The monoisotopic (exact) mass is 290 g/mol. The molecule has 0 atom stereocenters. The zero-order chi connectivity index (χ0) is 15.6. The maximum atomic E-state index is 11.8. The Kier molecular flexibility index (Phi) is 4.02. The van der Waals surface area contributed by atoms with Crippen molar-refractivity contribution in [3.8, 4) is 5.75 Å². The summed E-state index contributed by atoms with van der Waals surface area (Å²) in [5.74, 6) is -0.511. The van der Waals surface area contributed by atoms with E-state index in [9.17, 15) is 14.7 Å². The van der Waals surface area contributed by atoms with Crippen LogP contribution in [0.25, 0.3) is 11.0 Å². The fraction of sp³-hybridized carbons (Fsp3) is 0.375. The van der Waals surface area contributed by atoms with E-state index >= 15 is 0 Å². The molecule has 0 fully saturated rings. The summed E-state index contributed by atoms with van der Waals surface area (Å²) in [5, 5.41) is 10.1. The van der Waals surface area contributed by atoms with Gasteiger partial charge in [0.2, 0.25) is 0 Å². The van der Waals surface area contributed by atoms with Gasteiger partial charge in [0.05, 0.1) is 12.7 Å². The Hall–Kier alpha value is -2.30. The lowest BCUT2D eigenvalue weighted by Crippen LogP contribution is -2.26. The van der Waals surface area contributed by atoms with E-state index in [0.717, 1.165) is 5.39 Å². The fourth-order valence-corrected chi connectivity index (χ4v) is 1.78. The number of phenols is 1. The number of benzene rings is 1. The third-order valence-electron chi connectivity index (χ3n) is 3.17. The minimum atomic E-state index is -0.528. The van der Waals surface area contributed by atoms with Crippen LogP contribution in [0.2, 0.25) is 0 Å². The molecule has 1 N–H and O–H groups in total. The number of hydrogen-bond acceptors (Lipinski definition) is 5. The highest BCUT2D eigenvalue weighted by atomic mass is 16.5. The predicted molar refractivity (Wildman–Crippen MR) is 77.0 cm³/mol. The Morgan fingerprint density at radius 3 is 2.67 bits per heavy atom. The average Bonchev–Trinajstić information content (AvgIpc) is 2.77. The van der Waals surface area contributed by atoms with Gasteiger partial charge < -0.3 is 14.3 Å². The van der Waals surface area contributed by atoms with Crippen molar-refractivity contribution in [2.75, 3.05) is 6.61 Å². The SMILES string of the molecule is CC(C)(C)C(=O)COC(=O)Cc1coc2cc(O)ccc12.